The van der Waals surface area contributed by atoms with Crippen LogP contribution in [-0.4, -0.2) is 28.8 Å². The molecule has 1 fully saturated rings. The third-order valence-electron chi connectivity index (χ3n) is 2.93. The Morgan fingerprint density at radius 3 is 2.59 bits per heavy atom. The van der Waals surface area contributed by atoms with Crippen molar-refractivity contribution in [3.63, 3.8) is 0 Å². The minimum absolute atomic E-state index is 0.327. The molecule has 0 radical (unpaired) electrons. The summed E-state index contributed by atoms with van der Waals surface area (Å²) in [6.07, 6.45) is 3.04. The lowest BCUT2D eigenvalue weighted by molar-refractivity contribution is 0.0160. The average Bonchev–Trinajstić information content (AvgIpc) is 2.82. The first-order valence-electron chi connectivity index (χ1n) is 5.73. The van der Waals surface area contributed by atoms with Crippen LogP contribution in [0.3, 0.4) is 0 Å². The van der Waals surface area contributed by atoms with Crippen molar-refractivity contribution in [2.45, 2.75) is 44.8 Å². The Balaban J connectivity index is 2.11. The van der Waals surface area contributed by atoms with Crippen molar-refractivity contribution < 1.29 is 14.1 Å². The summed E-state index contributed by atoms with van der Waals surface area (Å²) in [6, 6.07) is 1.80. The van der Waals surface area contributed by atoms with Gasteiger partial charge in [-0.25, -0.2) is 4.79 Å². The standard InChI is InChI=1S/C12H18N2O3/c1-11(2,3)16-10(15)14(4)12(6-7-12)9-5-8-13-17-9/h5,8H,6-7H2,1-4H3. The van der Waals surface area contributed by atoms with Crippen LogP contribution in [0.5, 0.6) is 0 Å². The predicted molar refractivity (Wildman–Crippen MR) is 61.4 cm³/mol. The molecule has 1 aromatic rings. The summed E-state index contributed by atoms with van der Waals surface area (Å²) in [6.45, 7) is 5.56. The zero-order chi connectivity index (χ0) is 12.7. The SMILES string of the molecule is CN(C(=O)OC(C)(C)C)C1(c2ccno2)CC1. The van der Waals surface area contributed by atoms with Gasteiger partial charge in [0.25, 0.3) is 0 Å². The molecule has 1 saturated carbocycles. The molecule has 94 valence electrons. The fourth-order valence-corrected chi connectivity index (χ4v) is 1.83. The molecule has 0 saturated heterocycles. The van der Waals surface area contributed by atoms with E-state index >= 15 is 0 Å². The molecule has 1 aliphatic carbocycles. The first-order chi connectivity index (χ1) is 7.85. The zero-order valence-corrected chi connectivity index (χ0v) is 10.7. The number of nitrogens with zero attached hydrogens (tertiary/aromatic N) is 2. The molecule has 5 nitrogen and oxygen atoms in total. The van der Waals surface area contributed by atoms with Gasteiger partial charge in [-0.15, -0.1) is 0 Å². The van der Waals surface area contributed by atoms with Gasteiger partial charge in [0.05, 0.1) is 6.20 Å². The van der Waals surface area contributed by atoms with Gasteiger partial charge in [-0.05, 0) is 33.6 Å². The summed E-state index contributed by atoms with van der Waals surface area (Å²) in [4.78, 5) is 13.6. The van der Waals surface area contributed by atoms with E-state index in [2.05, 4.69) is 5.16 Å². The zero-order valence-electron chi connectivity index (χ0n) is 10.7. The molecule has 0 aliphatic heterocycles. The molecule has 0 bridgehead atoms. The van der Waals surface area contributed by atoms with Crippen molar-refractivity contribution in [1.82, 2.24) is 10.1 Å². The smallest absolute Gasteiger partial charge is 0.410 e. The van der Waals surface area contributed by atoms with Crippen LogP contribution in [0.1, 0.15) is 39.4 Å². The van der Waals surface area contributed by atoms with Crippen molar-refractivity contribution in [2.75, 3.05) is 7.05 Å². The Bertz CT molecular complexity index is 402. The summed E-state index contributed by atoms with van der Waals surface area (Å²) in [5.74, 6) is 0.728. The number of aromatic nitrogens is 1. The fourth-order valence-electron chi connectivity index (χ4n) is 1.83. The highest BCUT2D eigenvalue weighted by Gasteiger charge is 2.53. The van der Waals surface area contributed by atoms with Gasteiger partial charge in [0.1, 0.15) is 11.1 Å². The van der Waals surface area contributed by atoms with E-state index in [0.717, 1.165) is 18.6 Å². The number of hydrogen-bond donors (Lipinski definition) is 0. The molecular formula is C12H18N2O3. The lowest BCUT2D eigenvalue weighted by Gasteiger charge is -2.29. The second kappa shape index (κ2) is 3.75. The summed E-state index contributed by atoms with van der Waals surface area (Å²) in [5.41, 5.74) is -0.832. The number of carbonyl (C=O) groups is 1. The minimum atomic E-state index is -0.483. The molecule has 0 spiro atoms. The lowest BCUT2D eigenvalue weighted by Crippen LogP contribution is -2.40. The maximum absolute atomic E-state index is 12.0. The molecule has 0 N–H and O–H groups in total. The Morgan fingerprint density at radius 2 is 2.18 bits per heavy atom. The Kier molecular flexibility index (Phi) is 2.64. The van der Waals surface area contributed by atoms with Gasteiger partial charge in [0.2, 0.25) is 0 Å². The van der Waals surface area contributed by atoms with E-state index in [9.17, 15) is 4.79 Å². The van der Waals surface area contributed by atoms with E-state index in [1.165, 1.54) is 0 Å². The second-order valence-corrected chi connectivity index (χ2v) is 5.45. The van der Waals surface area contributed by atoms with Crippen LogP contribution in [0.15, 0.2) is 16.8 Å². The molecule has 1 heterocycles. The number of ether oxygens (including phenoxy) is 1. The van der Waals surface area contributed by atoms with Crippen LogP contribution in [-0.2, 0) is 10.3 Å². The van der Waals surface area contributed by atoms with Crippen molar-refractivity contribution >= 4 is 6.09 Å². The molecule has 1 aliphatic rings. The molecule has 17 heavy (non-hydrogen) atoms. The molecular weight excluding hydrogens is 220 g/mol. The number of carbonyl (C=O) groups excluding carboxylic acids is 1. The predicted octanol–water partition coefficient (Wildman–Crippen LogP) is 2.53. The summed E-state index contributed by atoms with van der Waals surface area (Å²) in [5, 5.41) is 3.69. The first-order valence-corrected chi connectivity index (χ1v) is 5.73. The molecule has 0 unspecified atom stereocenters. The first kappa shape index (κ1) is 12.0. The molecule has 0 atom stereocenters. The molecule has 1 amide bonds. The van der Waals surface area contributed by atoms with Gasteiger partial charge in [0.15, 0.2) is 5.76 Å². The summed E-state index contributed by atoms with van der Waals surface area (Å²) in [7, 11) is 1.74. The maximum atomic E-state index is 12.0. The minimum Gasteiger partial charge on any atom is -0.444 e. The van der Waals surface area contributed by atoms with Gasteiger partial charge < -0.3 is 9.26 Å². The second-order valence-electron chi connectivity index (χ2n) is 5.45. The van der Waals surface area contributed by atoms with Gasteiger partial charge in [0, 0.05) is 13.1 Å². The molecule has 5 heteroatoms. The van der Waals surface area contributed by atoms with Crippen LogP contribution >= 0.6 is 0 Å². The normalized spacial score (nSPS) is 17.6. The van der Waals surface area contributed by atoms with E-state index in [0.29, 0.717) is 0 Å². The monoisotopic (exact) mass is 238 g/mol. The Hall–Kier alpha value is -1.52. The van der Waals surface area contributed by atoms with Crippen molar-refractivity contribution in [3.8, 4) is 0 Å². The highest BCUT2D eigenvalue weighted by atomic mass is 16.6. The van der Waals surface area contributed by atoms with Gasteiger partial charge in [-0.1, -0.05) is 5.16 Å². The van der Waals surface area contributed by atoms with E-state index in [1.807, 2.05) is 20.8 Å². The Morgan fingerprint density at radius 1 is 1.53 bits per heavy atom. The lowest BCUT2D eigenvalue weighted by atomic mass is 10.1. The van der Waals surface area contributed by atoms with Crippen LogP contribution in [0, 0.1) is 0 Å². The van der Waals surface area contributed by atoms with Crippen molar-refractivity contribution in [2.24, 2.45) is 0 Å². The van der Waals surface area contributed by atoms with Crippen LogP contribution in [0.2, 0.25) is 0 Å². The maximum Gasteiger partial charge on any atom is 0.410 e. The largest absolute Gasteiger partial charge is 0.444 e. The van der Waals surface area contributed by atoms with Gasteiger partial charge >= 0.3 is 6.09 Å². The number of amides is 1. The summed E-state index contributed by atoms with van der Waals surface area (Å²) < 4.78 is 10.5. The van der Waals surface area contributed by atoms with Crippen LogP contribution in [0.4, 0.5) is 4.79 Å². The Labute approximate surface area is 101 Å². The molecule has 1 aromatic heterocycles. The highest BCUT2D eigenvalue weighted by molar-refractivity contribution is 5.69. The van der Waals surface area contributed by atoms with Gasteiger partial charge in [-0.2, -0.15) is 0 Å². The van der Waals surface area contributed by atoms with Crippen LogP contribution in [0.25, 0.3) is 0 Å². The average molecular weight is 238 g/mol. The molecule has 0 aromatic carbocycles. The number of rotatable bonds is 2. The molecule has 2 rings (SSSR count). The topological polar surface area (TPSA) is 55.6 Å². The summed E-state index contributed by atoms with van der Waals surface area (Å²) >= 11 is 0. The van der Waals surface area contributed by atoms with Crippen molar-refractivity contribution in [1.29, 1.82) is 0 Å². The van der Waals surface area contributed by atoms with E-state index in [4.69, 9.17) is 9.26 Å². The van der Waals surface area contributed by atoms with Crippen LogP contribution < -0.4 is 0 Å². The van der Waals surface area contributed by atoms with Crippen molar-refractivity contribution in [3.05, 3.63) is 18.0 Å². The third-order valence-corrected chi connectivity index (χ3v) is 2.93. The fraction of sp³-hybridized carbons (Fsp3) is 0.667. The van der Waals surface area contributed by atoms with E-state index in [1.54, 1.807) is 24.2 Å². The van der Waals surface area contributed by atoms with E-state index in [-0.39, 0.29) is 11.6 Å². The van der Waals surface area contributed by atoms with E-state index < -0.39 is 5.60 Å². The third kappa shape index (κ3) is 2.28. The highest BCUT2D eigenvalue weighted by Crippen LogP contribution is 2.50. The quantitative estimate of drug-likeness (QED) is 0.794. The number of hydrogen-bond acceptors (Lipinski definition) is 4. The van der Waals surface area contributed by atoms with Gasteiger partial charge in [-0.3, -0.25) is 4.90 Å².